The average molecular weight is 538 g/mol. The predicted molar refractivity (Wildman–Crippen MR) is 142 cm³/mol. The van der Waals surface area contributed by atoms with Crippen LogP contribution in [-0.2, 0) is 13.0 Å². The van der Waals surface area contributed by atoms with E-state index in [9.17, 15) is 18.0 Å². The van der Waals surface area contributed by atoms with Crippen molar-refractivity contribution < 1.29 is 22.7 Å². The lowest BCUT2D eigenvalue weighted by atomic mass is 9.89. The Morgan fingerprint density at radius 2 is 1.74 bits per heavy atom. The van der Waals surface area contributed by atoms with Crippen LogP contribution in [0.1, 0.15) is 58.6 Å². The molecule has 39 heavy (non-hydrogen) atoms. The van der Waals surface area contributed by atoms with Gasteiger partial charge in [-0.1, -0.05) is 31.2 Å². The molecule has 204 valence electrons. The number of nitrogens with one attached hydrogen (secondary N) is 1. The number of aryl methyl sites for hydroxylation is 2. The number of alkyl halides is 3. The van der Waals surface area contributed by atoms with Gasteiger partial charge in [0.1, 0.15) is 11.3 Å². The largest absolute Gasteiger partial charge is 0.573 e. The Labute approximate surface area is 224 Å². The molecule has 0 atom stereocenters. The summed E-state index contributed by atoms with van der Waals surface area (Å²) in [7, 11) is 0. The van der Waals surface area contributed by atoms with Gasteiger partial charge in [0, 0.05) is 37.2 Å². The van der Waals surface area contributed by atoms with Crippen LogP contribution in [-0.4, -0.2) is 40.0 Å². The maximum Gasteiger partial charge on any atom is 0.573 e. The summed E-state index contributed by atoms with van der Waals surface area (Å²) in [4.78, 5) is 19.8. The molecule has 0 saturated carbocycles. The number of carbonyl (C=O) groups excluding carboxylic acids is 1. The van der Waals surface area contributed by atoms with E-state index >= 15 is 0 Å². The Kier molecular flexibility index (Phi) is 7.45. The Morgan fingerprint density at radius 3 is 2.38 bits per heavy atom. The molecular weight excluding hydrogens is 507 g/mol. The molecule has 10 heteroatoms. The van der Waals surface area contributed by atoms with Crippen molar-refractivity contribution in [2.75, 3.05) is 18.0 Å². The van der Waals surface area contributed by atoms with Gasteiger partial charge in [-0.2, -0.15) is 5.10 Å². The highest BCUT2D eigenvalue weighted by molar-refractivity contribution is 6.01. The number of hydrogen-bond acceptors (Lipinski definition) is 5. The van der Waals surface area contributed by atoms with E-state index in [2.05, 4.69) is 37.2 Å². The molecule has 1 amide bonds. The molecule has 1 saturated heterocycles. The Morgan fingerprint density at radius 1 is 1.05 bits per heavy atom. The zero-order chi connectivity index (χ0) is 27.6. The van der Waals surface area contributed by atoms with Crippen molar-refractivity contribution in [3.05, 3.63) is 88.9 Å². The molecule has 4 aromatic rings. The van der Waals surface area contributed by atoms with Gasteiger partial charge in [-0.05, 0) is 73.6 Å². The number of nitrogens with zero attached hydrogens (tertiary/aromatic N) is 4. The standard InChI is InChI=1S/C29H30F3N5O2/c1-3-25-26(27-34-19(2)12-17-37(27)35-25)28(38)33-18-20-4-6-21(7-5-20)22-13-15-36(16-14-22)23-8-10-24(11-9-23)39-29(30,31)32/h4-12,17,22H,3,13-16,18H2,1-2H3,(H,33,38). The predicted octanol–water partition coefficient (Wildman–Crippen LogP) is 5.81. The zero-order valence-corrected chi connectivity index (χ0v) is 21.8. The van der Waals surface area contributed by atoms with Crippen LogP contribution in [0.4, 0.5) is 18.9 Å². The molecule has 0 spiro atoms. The van der Waals surface area contributed by atoms with Crippen molar-refractivity contribution in [3.63, 3.8) is 0 Å². The van der Waals surface area contributed by atoms with E-state index in [0.717, 1.165) is 48.6 Å². The smallest absolute Gasteiger partial charge is 0.406 e. The van der Waals surface area contributed by atoms with Gasteiger partial charge in [0.25, 0.3) is 5.91 Å². The van der Waals surface area contributed by atoms with Crippen LogP contribution in [0.5, 0.6) is 5.75 Å². The average Bonchev–Trinajstić information content (AvgIpc) is 3.29. The zero-order valence-electron chi connectivity index (χ0n) is 21.8. The summed E-state index contributed by atoms with van der Waals surface area (Å²) >= 11 is 0. The van der Waals surface area contributed by atoms with E-state index in [4.69, 9.17) is 0 Å². The van der Waals surface area contributed by atoms with Crippen molar-refractivity contribution in [2.45, 2.75) is 51.9 Å². The molecule has 7 nitrogen and oxygen atoms in total. The molecule has 5 rings (SSSR count). The first kappa shape index (κ1) is 26.5. The molecule has 1 N–H and O–H groups in total. The van der Waals surface area contributed by atoms with E-state index in [-0.39, 0.29) is 11.7 Å². The normalized spacial score (nSPS) is 14.5. The van der Waals surface area contributed by atoms with Gasteiger partial charge >= 0.3 is 6.36 Å². The summed E-state index contributed by atoms with van der Waals surface area (Å²) < 4.78 is 42.8. The first-order valence-electron chi connectivity index (χ1n) is 13.0. The lowest BCUT2D eigenvalue weighted by Gasteiger charge is -2.34. The van der Waals surface area contributed by atoms with Gasteiger partial charge in [-0.3, -0.25) is 4.79 Å². The minimum atomic E-state index is -4.69. The number of halogens is 3. The summed E-state index contributed by atoms with van der Waals surface area (Å²) in [5.41, 5.74) is 5.77. The van der Waals surface area contributed by atoms with Gasteiger partial charge in [0.2, 0.25) is 0 Å². The lowest BCUT2D eigenvalue weighted by molar-refractivity contribution is -0.274. The summed E-state index contributed by atoms with van der Waals surface area (Å²) in [5, 5.41) is 7.51. The summed E-state index contributed by atoms with van der Waals surface area (Å²) in [6.45, 7) is 5.89. The van der Waals surface area contributed by atoms with Crippen LogP contribution in [0, 0.1) is 6.92 Å². The van der Waals surface area contributed by atoms with E-state index < -0.39 is 6.36 Å². The van der Waals surface area contributed by atoms with Gasteiger partial charge in [-0.15, -0.1) is 13.2 Å². The first-order chi connectivity index (χ1) is 18.7. The third-order valence-electron chi connectivity index (χ3n) is 7.09. The number of piperidine rings is 1. The monoisotopic (exact) mass is 537 g/mol. The number of benzene rings is 2. The fourth-order valence-electron chi connectivity index (χ4n) is 5.05. The van der Waals surface area contributed by atoms with Crippen LogP contribution >= 0.6 is 0 Å². The summed E-state index contributed by atoms with van der Waals surface area (Å²) in [6, 6.07) is 16.2. The fourth-order valence-corrected chi connectivity index (χ4v) is 5.05. The van der Waals surface area contributed by atoms with Gasteiger partial charge in [0.15, 0.2) is 5.65 Å². The van der Waals surface area contributed by atoms with Crippen molar-refractivity contribution in [1.29, 1.82) is 0 Å². The number of rotatable bonds is 7. The maximum atomic E-state index is 13.1. The molecule has 0 unspecified atom stereocenters. The Hall–Kier alpha value is -4.08. The molecule has 2 aromatic heterocycles. The molecule has 0 bridgehead atoms. The number of anilines is 1. The quantitative estimate of drug-likeness (QED) is 0.322. The molecule has 1 fully saturated rings. The van der Waals surface area contributed by atoms with Crippen LogP contribution in [0.3, 0.4) is 0 Å². The summed E-state index contributed by atoms with van der Waals surface area (Å²) in [6.07, 6.45) is -0.350. The van der Waals surface area contributed by atoms with Crippen molar-refractivity contribution in [3.8, 4) is 5.75 Å². The topological polar surface area (TPSA) is 71.8 Å². The molecule has 0 aliphatic carbocycles. The highest BCUT2D eigenvalue weighted by atomic mass is 19.4. The molecule has 1 aliphatic rings. The maximum absolute atomic E-state index is 13.1. The molecule has 0 radical (unpaired) electrons. The second-order valence-corrected chi connectivity index (χ2v) is 9.74. The number of amides is 1. The number of ether oxygens (including phenoxy) is 1. The molecule has 3 heterocycles. The van der Waals surface area contributed by atoms with Crippen molar-refractivity contribution in [2.24, 2.45) is 0 Å². The fraction of sp³-hybridized carbons (Fsp3) is 0.345. The second kappa shape index (κ2) is 11.0. The number of fused-ring (bicyclic) bond motifs is 1. The number of carbonyl (C=O) groups is 1. The van der Waals surface area contributed by atoms with E-state index in [0.29, 0.717) is 30.1 Å². The van der Waals surface area contributed by atoms with Crippen molar-refractivity contribution in [1.82, 2.24) is 19.9 Å². The van der Waals surface area contributed by atoms with Gasteiger partial charge < -0.3 is 15.0 Å². The number of hydrogen-bond donors (Lipinski definition) is 1. The van der Waals surface area contributed by atoms with Crippen LogP contribution in [0.2, 0.25) is 0 Å². The van der Waals surface area contributed by atoms with E-state index in [1.54, 1.807) is 16.6 Å². The van der Waals surface area contributed by atoms with Crippen LogP contribution in [0.15, 0.2) is 60.8 Å². The molecule has 2 aromatic carbocycles. The highest BCUT2D eigenvalue weighted by Gasteiger charge is 2.31. The van der Waals surface area contributed by atoms with E-state index in [1.807, 2.05) is 38.2 Å². The van der Waals surface area contributed by atoms with Crippen LogP contribution < -0.4 is 15.0 Å². The molecular formula is C29H30F3N5O2. The third kappa shape index (κ3) is 6.16. The minimum absolute atomic E-state index is 0.186. The minimum Gasteiger partial charge on any atom is -0.406 e. The van der Waals surface area contributed by atoms with E-state index in [1.165, 1.54) is 17.7 Å². The first-order valence-corrected chi connectivity index (χ1v) is 13.0. The Bertz CT molecular complexity index is 1440. The number of aromatic nitrogens is 3. The second-order valence-electron chi connectivity index (χ2n) is 9.74. The molecule has 1 aliphatic heterocycles. The third-order valence-corrected chi connectivity index (χ3v) is 7.09. The lowest BCUT2D eigenvalue weighted by Crippen LogP contribution is -2.32. The SMILES string of the molecule is CCc1nn2ccc(C)nc2c1C(=O)NCc1ccc(C2CCN(c3ccc(OC(F)(F)F)cc3)CC2)cc1. The van der Waals surface area contributed by atoms with Crippen molar-refractivity contribution >= 4 is 17.2 Å². The highest BCUT2D eigenvalue weighted by Crippen LogP contribution is 2.32. The van der Waals surface area contributed by atoms with Crippen LogP contribution in [0.25, 0.3) is 5.65 Å². The summed E-state index contributed by atoms with van der Waals surface area (Å²) in [5.74, 6) is 0.000918. The van der Waals surface area contributed by atoms with Gasteiger partial charge in [0.05, 0.1) is 5.69 Å². The Balaban J connectivity index is 1.16. The van der Waals surface area contributed by atoms with Gasteiger partial charge in [-0.25, -0.2) is 9.50 Å².